The molecule has 3 aromatic rings. The molecule has 2 aromatic carbocycles. The van der Waals surface area contributed by atoms with E-state index in [0.717, 1.165) is 4.70 Å². The highest BCUT2D eigenvalue weighted by Crippen LogP contribution is 2.37. The Labute approximate surface area is 177 Å². The van der Waals surface area contributed by atoms with Gasteiger partial charge in [0.25, 0.3) is 11.6 Å². The van der Waals surface area contributed by atoms with Crippen LogP contribution in [0.3, 0.4) is 0 Å². The van der Waals surface area contributed by atoms with Crippen LogP contribution in [0.2, 0.25) is 0 Å². The highest BCUT2D eigenvalue weighted by atomic mass is 32.1. The predicted octanol–water partition coefficient (Wildman–Crippen LogP) is 3.43. The van der Waals surface area contributed by atoms with Gasteiger partial charge in [-0.2, -0.15) is 0 Å². The number of aromatic nitrogens is 1. The topological polar surface area (TPSA) is 98.0 Å². The van der Waals surface area contributed by atoms with Crippen molar-refractivity contribution < 1.29 is 19.2 Å². The van der Waals surface area contributed by atoms with Gasteiger partial charge in [-0.15, -0.1) is 0 Å². The fourth-order valence-electron chi connectivity index (χ4n) is 2.85. The lowest BCUT2D eigenvalue weighted by atomic mass is 10.2. The average molecular weight is 430 g/mol. The van der Waals surface area contributed by atoms with Crippen molar-refractivity contribution in [1.29, 1.82) is 0 Å². The van der Waals surface area contributed by atoms with Crippen molar-refractivity contribution in [2.24, 2.45) is 0 Å². The number of anilines is 1. The maximum absolute atomic E-state index is 13.3. The molecule has 1 heterocycles. The van der Waals surface area contributed by atoms with Gasteiger partial charge >= 0.3 is 0 Å². The largest absolute Gasteiger partial charge is 0.493 e. The van der Waals surface area contributed by atoms with Crippen molar-refractivity contribution in [2.45, 2.75) is 0 Å². The van der Waals surface area contributed by atoms with Crippen LogP contribution in [0, 0.1) is 10.1 Å². The average Bonchev–Trinajstić information content (AvgIpc) is 3.14. The number of nitrogens with zero attached hydrogens (tertiary/aromatic N) is 4. The van der Waals surface area contributed by atoms with E-state index in [1.807, 2.05) is 25.1 Å². The summed E-state index contributed by atoms with van der Waals surface area (Å²) in [6, 6.07) is 9.29. The number of likely N-dealkylation sites (N-methyl/N-ethyl adjacent to an activating group) is 1. The number of methoxy groups -OCH3 is 2. The van der Waals surface area contributed by atoms with Gasteiger partial charge in [-0.1, -0.05) is 17.4 Å². The van der Waals surface area contributed by atoms with E-state index < -0.39 is 4.92 Å². The molecule has 158 valence electrons. The smallest absolute Gasteiger partial charge is 0.270 e. The third-order valence-corrected chi connectivity index (χ3v) is 5.47. The Kier molecular flexibility index (Phi) is 6.48. The molecule has 0 N–H and O–H groups in total. The molecular weight excluding hydrogens is 408 g/mol. The van der Waals surface area contributed by atoms with Crippen LogP contribution in [0.4, 0.5) is 10.8 Å². The second-order valence-corrected chi connectivity index (χ2v) is 7.75. The summed E-state index contributed by atoms with van der Waals surface area (Å²) in [7, 11) is 6.92. The molecule has 0 unspecified atom stereocenters. The van der Waals surface area contributed by atoms with Gasteiger partial charge in [0.05, 0.1) is 29.4 Å². The van der Waals surface area contributed by atoms with Crippen molar-refractivity contribution >= 4 is 38.3 Å². The zero-order valence-corrected chi connectivity index (χ0v) is 17.9. The van der Waals surface area contributed by atoms with Crippen LogP contribution in [0.1, 0.15) is 10.4 Å². The maximum atomic E-state index is 13.3. The first-order valence-electron chi connectivity index (χ1n) is 9.07. The van der Waals surface area contributed by atoms with Gasteiger partial charge in [0.2, 0.25) is 0 Å². The van der Waals surface area contributed by atoms with Gasteiger partial charge in [-0.25, -0.2) is 4.98 Å². The Bertz CT molecular complexity index is 1040. The van der Waals surface area contributed by atoms with E-state index in [9.17, 15) is 14.9 Å². The third kappa shape index (κ3) is 4.50. The summed E-state index contributed by atoms with van der Waals surface area (Å²) in [6.45, 7) is 0.978. The van der Waals surface area contributed by atoms with Crippen molar-refractivity contribution in [2.75, 3.05) is 46.3 Å². The normalized spacial score (nSPS) is 11.0. The Morgan fingerprint density at radius 1 is 1.13 bits per heavy atom. The molecule has 1 aromatic heterocycles. The number of carbonyl (C=O) groups is 1. The van der Waals surface area contributed by atoms with E-state index in [1.165, 1.54) is 29.5 Å². The first kappa shape index (κ1) is 21.5. The molecule has 3 rings (SSSR count). The first-order chi connectivity index (χ1) is 14.3. The number of thiazole rings is 1. The van der Waals surface area contributed by atoms with Crippen molar-refractivity contribution in [3.63, 3.8) is 0 Å². The third-order valence-electron chi connectivity index (χ3n) is 4.43. The maximum Gasteiger partial charge on any atom is 0.270 e. The lowest BCUT2D eigenvalue weighted by molar-refractivity contribution is -0.384. The molecule has 10 heteroatoms. The van der Waals surface area contributed by atoms with Gasteiger partial charge in [-0.05, 0) is 20.2 Å². The summed E-state index contributed by atoms with van der Waals surface area (Å²) in [4.78, 5) is 32.0. The highest BCUT2D eigenvalue weighted by Gasteiger charge is 2.23. The Morgan fingerprint density at radius 3 is 2.47 bits per heavy atom. The number of carbonyl (C=O) groups excluding carboxylic acids is 1. The zero-order valence-electron chi connectivity index (χ0n) is 17.1. The fraction of sp³-hybridized carbons (Fsp3) is 0.300. The molecule has 0 aliphatic heterocycles. The molecule has 0 aliphatic carbocycles. The minimum absolute atomic E-state index is 0.132. The van der Waals surface area contributed by atoms with Gasteiger partial charge in [0, 0.05) is 42.9 Å². The Morgan fingerprint density at radius 2 is 1.83 bits per heavy atom. The van der Waals surface area contributed by atoms with E-state index in [2.05, 4.69) is 4.98 Å². The molecule has 0 aliphatic rings. The summed E-state index contributed by atoms with van der Waals surface area (Å²) in [5.74, 6) is 0.773. The number of nitro groups is 1. The van der Waals surface area contributed by atoms with Crippen LogP contribution in [0.15, 0.2) is 36.4 Å². The summed E-state index contributed by atoms with van der Waals surface area (Å²) in [5.41, 5.74) is 0.777. The van der Waals surface area contributed by atoms with E-state index >= 15 is 0 Å². The second-order valence-electron chi connectivity index (χ2n) is 6.74. The van der Waals surface area contributed by atoms with Gasteiger partial charge < -0.3 is 14.4 Å². The monoisotopic (exact) mass is 430 g/mol. The number of hydrogen-bond acceptors (Lipinski definition) is 8. The summed E-state index contributed by atoms with van der Waals surface area (Å²) < 4.78 is 11.5. The fourth-order valence-corrected chi connectivity index (χ4v) is 3.85. The molecule has 30 heavy (non-hydrogen) atoms. The van der Waals surface area contributed by atoms with Crippen LogP contribution in [-0.2, 0) is 0 Å². The lowest BCUT2D eigenvalue weighted by Crippen LogP contribution is -2.36. The van der Waals surface area contributed by atoms with Crippen LogP contribution in [-0.4, -0.2) is 62.1 Å². The van der Waals surface area contributed by atoms with Gasteiger partial charge in [0.1, 0.15) is 0 Å². The molecule has 0 radical (unpaired) electrons. The van der Waals surface area contributed by atoms with Crippen LogP contribution in [0.5, 0.6) is 11.5 Å². The molecular formula is C20H22N4O5S. The van der Waals surface area contributed by atoms with Crippen molar-refractivity contribution in [3.8, 4) is 11.5 Å². The number of rotatable bonds is 8. The molecule has 1 amide bonds. The van der Waals surface area contributed by atoms with Crippen molar-refractivity contribution in [1.82, 2.24) is 9.88 Å². The van der Waals surface area contributed by atoms with E-state index in [0.29, 0.717) is 35.2 Å². The number of non-ortho nitro benzene ring substituents is 1. The molecule has 0 spiro atoms. The van der Waals surface area contributed by atoms with Crippen LogP contribution in [0.25, 0.3) is 10.2 Å². The van der Waals surface area contributed by atoms with Crippen LogP contribution < -0.4 is 14.4 Å². The molecule has 0 saturated carbocycles. The molecule has 0 bridgehead atoms. The minimum atomic E-state index is -0.517. The molecule has 0 fully saturated rings. The number of nitro benzene ring substituents is 1. The Hall–Kier alpha value is -3.24. The van der Waals surface area contributed by atoms with Gasteiger partial charge in [0.15, 0.2) is 16.6 Å². The highest BCUT2D eigenvalue weighted by molar-refractivity contribution is 7.22. The zero-order chi connectivity index (χ0) is 21.8. The van der Waals surface area contributed by atoms with Crippen molar-refractivity contribution in [3.05, 3.63) is 52.1 Å². The van der Waals surface area contributed by atoms with E-state index in [-0.39, 0.29) is 17.2 Å². The summed E-state index contributed by atoms with van der Waals surface area (Å²) >= 11 is 1.35. The molecule has 0 atom stereocenters. The number of hydrogen-bond donors (Lipinski definition) is 0. The van der Waals surface area contributed by atoms with Gasteiger partial charge in [-0.3, -0.25) is 19.8 Å². The SMILES string of the molecule is COc1cc2nc(N(CCN(C)C)C(=O)c3cccc([N+](=O)[O-])c3)sc2cc1OC. The number of amides is 1. The number of benzene rings is 2. The first-order valence-corrected chi connectivity index (χ1v) is 9.89. The quantitative estimate of drug-likeness (QED) is 0.399. The molecule has 0 saturated heterocycles. The molecule has 9 nitrogen and oxygen atoms in total. The van der Waals surface area contributed by atoms with E-state index in [4.69, 9.17) is 9.47 Å². The number of fused-ring (bicyclic) bond motifs is 1. The summed E-state index contributed by atoms with van der Waals surface area (Å²) in [5, 5.41) is 11.6. The summed E-state index contributed by atoms with van der Waals surface area (Å²) in [6.07, 6.45) is 0. The standard InChI is InChI=1S/C20H22N4O5S/c1-22(2)8-9-23(19(25)13-6-5-7-14(10-13)24(26)27)20-21-15-11-16(28-3)17(29-4)12-18(15)30-20/h5-7,10-12H,8-9H2,1-4H3. The number of ether oxygens (including phenoxy) is 2. The van der Waals surface area contributed by atoms with Crippen LogP contribution >= 0.6 is 11.3 Å². The Balaban J connectivity index is 2.04. The lowest BCUT2D eigenvalue weighted by Gasteiger charge is -2.22. The predicted molar refractivity (Wildman–Crippen MR) is 116 cm³/mol. The van der Waals surface area contributed by atoms with E-state index in [1.54, 1.807) is 31.3 Å². The second kappa shape index (κ2) is 9.06. The minimum Gasteiger partial charge on any atom is -0.493 e.